The Balaban J connectivity index is 1.51. The number of nitrogens with zero attached hydrogens (tertiary/aromatic N) is 2. The SMILES string of the molecule is Cc1ccc(C)c(NC(=O)CN(CCC(=O)Nc2cc(Cl)ccn2)C2CC2)c1. The molecule has 28 heavy (non-hydrogen) atoms. The summed E-state index contributed by atoms with van der Waals surface area (Å²) in [6.45, 7) is 4.78. The summed E-state index contributed by atoms with van der Waals surface area (Å²) < 4.78 is 0. The third kappa shape index (κ3) is 6.04. The fraction of sp³-hybridized carbons (Fsp3) is 0.381. The summed E-state index contributed by atoms with van der Waals surface area (Å²) in [5.41, 5.74) is 2.97. The van der Waals surface area contributed by atoms with Crippen molar-refractivity contribution in [2.24, 2.45) is 0 Å². The van der Waals surface area contributed by atoms with Gasteiger partial charge in [-0.05, 0) is 56.0 Å². The second kappa shape index (κ2) is 9.17. The summed E-state index contributed by atoms with van der Waals surface area (Å²) in [5.74, 6) is 0.232. The summed E-state index contributed by atoms with van der Waals surface area (Å²) in [6.07, 6.45) is 3.97. The molecule has 1 aromatic heterocycles. The van der Waals surface area contributed by atoms with Crippen LogP contribution in [0.1, 0.15) is 30.4 Å². The van der Waals surface area contributed by atoms with Gasteiger partial charge in [0.25, 0.3) is 0 Å². The first-order chi connectivity index (χ1) is 13.4. The fourth-order valence-electron chi connectivity index (χ4n) is 3.00. The van der Waals surface area contributed by atoms with E-state index in [4.69, 9.17) is 11.6 Å². The lowest BCUT2D eigenvalue weighted by molar-refractivity contribution is -0.119. The number of carbonyl (C=O) groups is 2. The van der Waals surface area contributed by atoms with E-state index in [1.807, 2.05) is 32.0 Å². The number of carbonyl (C=O) groups excluding carboxylic acids is 2. The van der Waals surface area contributed by atoms with Gasteiger partial charge in [-0.15, -0.1) is 0 Å². The molecule has 6 nitrogen and oxygen atoms in total. The summed E-state index contributed by atoms with van der Waals surface area (Å²) in [7, 11) is 0. The number of pyridine rings is 1. The number of benzene rings is 1. The zero-order valence-electron chi connectivity index (χ0n) is 16.2. The minimum absolute atomic E-state index is 0.0579. The third-order valence-electron chi connectivity index (χ3n) is 4.69. The molecule has 0 spiro atoms. The number of aryl methyl sites for hydroxylation is 2. The molecule has 1 fully saturated rings. The van der Waals surface area contributed by atoms with Crippen molar-refractivity contribution in [3.05, 3.63) is 52.7 Å². The Morgan fingerprint density at radius 2 is 1.93 bits per heavy atom. The van der Waals surface area contributed by atoms with Crippen LogP contribution in [0, 0.1) is 13.8 Å². The molecule has 0 bridgehead atoms. The van der Waals surface area contributed by atoms with E-state index in [0.717, 1.165) is 29.7 Å². The molecule has 0 unspecified atom stereocenters. The van der Waals surface area contributed by atoms with Crippen LogP contribution in [0.2, 0.25) is 5.02 Å². The zero-order valence-corrected chi connectivity index (χ0v) is 16.9. The molecule has 2 aromatic rings. The van der Waals surface area contributed by atoms with Gasteiger partial charge in [-0.25, -0.2) is 4.98 Å². The molecule has 1 aromatic carbocycles. The monoisotopic (exact) mass is 400 g/mol. The van der Waals surface area contributed by atoms with Crippen molar-refractivity contribution >= 4 is 34.9 Å². The van der Waals surface area contributed by atoms with Gasteiger partial charge in [0.05, 0.1) is 6.54 Å². The molecule has 1 saturated carbocycles. The topological polar surface area (TPSA) is 74.3 Å². The molecule has 2 amide bonds. The van der Waals surface area contributed by atoms with Gasteiger partial charge in [-0.1, -0.05) is 23.7 Å². The van der Waals surface area contributed by atoms with Crippen molar-refractivity contribution < 1.29 is 9.59 Å². The second-order valence-electron chi connectivity index (χ2n) is 7.23. The number of nitrogens with one attached hydrogen (secondary N) is 2. The summed E-state index contributed by atoms with van der Waals surface area (Å²) in [4.78, 5) is 30.9. The Hall–Kier alpha value is -2.44. The smallest absolute Gasteiger partial charge is 0.238 e. The highest BCUT2D eigenvalue weighted by atomic mass is 35.5. The molecule has 1 aliphatic carbocycles. The largest absolute Gasteiger partial charge is 0.325 e. The lowest BCUT2D eigenvalue weighted by Gasteiger charge is -2.21. The molecule has 0 aliphatic heterocycles. The van der Waals surface area contributed by atoms with Crippen LogP contribution in [0.5, 0.6) is 0 Å². The predicted molar refractivity (Wildman–Crippen MR) is 112 cm³/mol. The van der Waals surface area contributed by atoms with Crippen LogP contribution in [-0.4, -0.2) is 40.8 Å². The molecule has 148 valence electrons. The second-order valence-corrected chi connectivity index (χ2v) is 7.66. The maximum Gasteiger partial charge on any atom is 0.238 e. The van der Waals surface area contributed by atoms with E-state index in [0.29, 0.717) is 29.8 Å². The zero-order chi connectivity index (χ0) is 20.1. The number of amides is 2. The van der Waals surface area contributed by atoms with Gasteiger partial charge in [-0.3, -0.25) is 14.5 Å². The Bertz CT molecular complexity index is 867. The summed E-state index contributed by atoms with van der Waals surface area (Å²) in [6, 6.07) is 9.63. The van der Waals surface area contributed by atoms with E-state index in [1.54, 1.807) is 18.3 Å². The van der Waals surface area contributed by atoms with E-state index >= 15 is 0 Å². The van der Waals surface area contributed by atoms with Crippen molar-refractivity contribution in [1.82, 2.24) is 9.88 Å². The lowest BCUT2D eigenvalue weighted by Crippen LogP contribution is -2.37. The van der Waals surface area contributed by atoms with Crippen LogP contribution >= 0.6 is 11.6 Å². The van der Waals surface area contributed by atoms with E-state index < -0.39 is 0 Å². The van der Waals surface area contributed by atoms with E-state index in [2.05, 4.69) is 20.5 Å². The van der Waals surface area contributed by atoms with E-state index in [9.17, 15) is 9.59 Å². The maximum atomic E-state index is 12.5. The van der Waals surface area contributed by atoms with E-state index in [-0.39, 0.29) is 18.4 Å². The summed E-state index contributed by atoms with van der Waals surface area (Å²) in [5, 5.41) is 6.26. The fourth-order valence-corrected chi connectivity index (χ4v) is 3.16. The standard InChI is InChI=1S/C21H25ClN4O2/c1-14-3-4-15(2)18(11-14)24-21(28)13-26(17-5-6-17)10-8-20(27)25-19-12-16(22)7-9-23-19/h3-4,7,9,11-12,17H,5-6,8,10,13H2,1-2H3,(H,24,28)(H,23,25,27). The molecule has 7 heteroatoms. The molecule has 1 aliphatic rings. The Labute approximate surface area is 170 Å². The molecule has 2 N–H and O–H groups in total. The molecular formula is C21H25ClN4O2. The van der Waals surface area contributed by atoms with Crippen molar-refractivity contribution in [1.29, 1.82) is 0 Å². The van der Waals surface area contributed by atoms with Crippen molar-refractivity contribution in [3.63, 3.8) is 0 Å². The number of rotatable bonds is 8. The van der Waals surface area contributed by atoms with Crippen molar-refractivity contribution in [2.45, 2.75) is 39.2 Å². The molecule has 3 rings (SSSR count). The van der Waals surface area contributed by atoms with Gasteiger partial charge in [0.1, 0.15) is 5.82 Å². The quantitative estimate of drug-likeness (QED) is 0.707. The van der Waals surface area contributed by atoms with Crippen LogP contribution in [0.15, 0.2) is 36.5 Å². The Morgan fingerprint density at radius 1 is 1.14 bits per heavy atom. The highest BCUT2D eigenvalue weighted by Gasteiger charge is 2.30. The first kappa shape index (κ1) is 20.3. The van der Waals surface area contributed by atoms with Gasteiger partial charge in [-0.2, -0.15) is 0 Å². The van der Waals surface area contributed by atoms with Gasteiger partial charge >= 0.3 is 0 Å². The van der Waals surface area contributed by atoms with Gasteiger partial charge in [0.2, 0.25) is 11.8 Å². The molecular weight excluding hydrogens is 376 g/mol. The lowest BCUT2D eigenvalue weighted by atomic mass is 10.1. The number of anilines is 2. The van der Waals surface area contributed by atoms with Crippen LogP contribution in [-0.2, 0) is 9.59 Å². The number of halogens is 1. The van der Waals surface area contributed by atoms with Gasteiger partial charge in [0.15, 0.2) is 0 Å². The first-order valence-electron chi connectivity index (χ1n) is 9.43. The maximum absolute atomic E-state index is 12.5. The first-order valence-corrected chi connectivity index (χ1v) is 9.81. The Kier molecular flexibility index (Phi) is 6.65. The Morgan fingerprint density at radius 3 is 2.64 bits per heavy atom. The average Bonchev–Trinajstić information content (AvgIpc) is 3.47. The van der Waals surface area contributed by atoms with Gasteiger partial charge < -0.3 is 10.6 Å². The highest BCUT2D eigenvalue weighted by molar-refractivity contribution is 6.30. The average molecular weight is 401 g/mol. The third-order valence-corrected chi connectivity index (χ3v) is 4.93. The highest BCUT2D eigenvalue weighted by Crippen LogP contribution is 2.27. The summed E-state index contributed by atoms with van der Waals surface area (Å²) >= 11 is 5.91. The molecule has 0 radical (unpaired) electrons. The number of hydrogen-bond donors (Lipinski definition) is 2. The normalized spacial score (nSPS) is 13.4. The van der Waals surface area contributed by atoms with Crippen molar-refractivity contribution in [2.75, 3.05) is 23.7 Å². The predicted octanol–water partition coefficient (Wildman–Crippen LogP) is 3.78. The number of hydrogen-bond acceptors (Lipinski definition) is 4. The van der Waals surface area contributed by atoms with Gasteiger partial charge in [0, 0.05) is 35.9 Å². The van der Waals surface area contributed by atoms with Crippen LogP contribution in [0.25, 0.3) is 0 Å². The van der Waals surface area contributed by atoms with E-state index in [1.165, 1.54) is 0 Å². The molecule has 0 saturated heterocycles. The van der Waals surface area contributed by atoms with Crippen LogP contribution in [0.4, 0.5) is 11.5 Å². The van der Waals surface area contributed by atoms with Crippen LogP contribution in [0.3, 0.4) is 0 Å². The molecule has 0 atom stereocenters. The molecule has 1 heterocycles. The van der Waals surface area contributed by atoms with Crippen LogP contribution < -0.4 is 10.6 Å². The minimum atomic E-state index is -0.143. The minimum Gasteiger partial charge on any atom is -0.325 e. The van der Waals surface area contributed by atoms with Crippen molar-refractivity contribution in [3.8, 4) is 0 Å². The number of aromatic nitrogens is 1.